The molecule has 162 valence electrons. The Morgan fingerprint density at radius 2 is 1.85 bits per heavy atom. The van der Waals surface area contributed by atoms with E-state index in [9.17, 15) is 0 Å². The number of H-pyrrole nitrogens is 2. The maximum absolute atomic E-state index is 6.25. The summed E-state index contributed by atoms with van der Waals surface area (Å²) in [7, 11) is 0. The van der Waals surface area contributed by atoms with Gasteiger partial charge in [0.1, 0.15) is 5.82 Å². The van der Waals surface area contributed by atoms with Gasteiger partial charge in [-0.3, -0.25) is 5.10 Å². The van der Waals surface area contributed by atoms with Gasteiger partial charge in [0.2, 0.25) is 5.95 Å². The molecule has 0 saturated heterocycles. The SMILES string of the molecule is Clc1ccc2c(NCCc3c[nH]c4ccccc34)nc(Nc3ccc4[nH]ncc4c3)nc2c1. The molecule has 0 amide bonds. The Bertz CT molecular complexity index is 1600. The van der Waals surface area contributed by atoms with Crippen LogP contribution in [0.4, 0.5) is 17.5 Å². The lowest BCUT2D eigenvalue weighted by Crippen LogP contribution is -2.09. The molecule has 4 N–H and O–H groups in total. The van der Waals surface area contributed by atoms with Gasteiger partial charge in [0.15, 0.2) is 0 Å². The van der Waals surface area contributed by atoms with Crippen LogP contribution in [0.1, 0.15) is 5.56 Å². The standard InChI is InChI=1S/C25H20ClN7/c26-17-5-7-20-23(12-17)31-25(30-18-6-8-21-16(11-18)14-29-33-21)32-24(20)27-10-9-15-13-28-22-4-2-1-3-19(15)22/h1-8,11-14,28H,9-10H2,(H,29,33)(H2,27,30,31,32). The third-order valence-corrected chi connectivity index (χ3v) is 5.95. The van der Waals surface area contributed by atoms with Crippen LogP contribution in [0.2, 0.25) is 5.02 Å². The second-order valence-corrected chi connectivity index (χ2v) is 8.33. The molecule has 0 aliphatic heterocycles. The number of aromatic amines is 2. The molecule has 6 rings (SSSR count). The van der Waals surface area contributed by atoms with Crippen molar-refractivity contribution in [2.45, 2.75) is 6.42 Å². The first-order chi connectivity index (χ1) is 16.2. The summed E-state index contributed by atoms with van der Waals surface area (Å²) in [4.78, 5) is 12.8. The molecule has 0 saturated carbocycles. The monoisotopic (exact) mass is 453 g/mol. The van der Waals surface area contributed by atoms with Crippen molar-refractivity contribution in [1.82, 2.24) is 25.1 Å². The first kappa shape index (κ1) is 19.6. The van der Waals surface area contributed by atoms with E-state index < -0.39 is 0 Å². The third-order valence-electron chi connectivity index (χ3n) is 5.72. The van der Waals surface area contributed by atoms with Crippen LogP contribution in [-0.2, 0) is 6.42 Å². The van der Waals surface area contributed by atoms with Gasteiger partial charge in [-0.1, -0.05) is 29.8 Å². The molecule has 0 atom stereocenters. The summed E-state index contributed by atoms with van der Waals surface area (Å²) in [6.07, 6.45) is 4.73. The van der Waals surface area contributed by atoms with Gasteiger partial charge in [0.05, 0.1) is 17.2 Å². The fourth-order valence-corrected chi connectivity index (χ4v) is 4.26. The molecule has 0 aliphatic rings. The maximum atomic E-state index is 6.25. The molecule has 3 aromatic carbocycles. The highest BCUT2D eigenvalue weighted by Crippen LogP contribution is 2.27. The Morgan fingerprint density at radius 1 is 0.909 bits per heavy atom. The van der Waals surface area contributed by atoms with Gasteiger partial charge in [-0.25, -0.2) is 4.98 Å². The minimum atomic E-state index is 0.502. The number of anilines is 3. The van der Waals surface area contributed by atoms with Crippen LogP contribution in [0.3, 0.4) is 0 Å². The van der Waals surface area contributed by atoms with Gasteiger partial charge >= 0.3 is 0 Å². The van der Waals surface area contributed by atoms with Gasteiger partial charge < -0.3 is 15.6 Å². The van der Waals surface area contributed by atoms with E-state index in [0.29, 0.717) is 11.0 Å². The largest absolute Gasteiger partial charge is 0.369 e. The van der Waals surface area contributed by atoms with Crippen molar-refractivity contribution in [3.63, 3.8) is 0 Å². The lowest BCUT2D eigenvalue weighted by atomic mass is 10.1. The molecule has 0 fully saturated rings. The van der Waals surface area contributed by atoms with E-state index in [2.05, 4.69) is 55.2 Å². The summed E-state index contributed by atoms with van der Waals surface area (Å²) in [5.41, 5.74) is 5.06. The molecule has 3 heterocycles. The zero-order valence-corrected chi connectivity index (χ0v) is 18.3. The summed E-state index contributed by atoms with van der Waals surface area (Å²) >= 11 is 6.25. The third kappa shape index (κ3) is 3.83. The molecule has 0 spiro atoms. The number of aromatic nitrogens is 5. The first-order valence-corrected chi connectivity index (χ1v) is 11.1. The maximum Gasteiger partial charge on any atom is 0.229 e. The van der Waals surface area contributed by atoms with Crippen molar-refractivity contribution in [3.8, 4) is 0 Å². The van der Waals surface area contributed by atoms with E-state index in [1.54, 1.807) is 6.20 Å². The quantitative estimate of drug-likeness (QED) is 0.246. The van der Waals surface area contributed by atoms with Crippen LogP contribution in [0, 0.1) is 0 Å². The Hall–Kier alpha value is -4.10. The van der Waals surface area contributed by atoms with Crippen molar-refractivity contribution in [1.29, 1.82) is 0 Å². The highest BCUT2D eigenvalue weighted by molar-refractivity contribution is 6.31. The number of halogens is 1. The van der Waals surface area contributed by atoms with Crippen LogP contribution >= 0.6 is 11.6 Å². The predicted octanol–water partition coefficient (Wildman–Crippen LogP) is 6.04. The number of nitrogens with zero attached hydrogens (tertiary/aromatic N) is 3. The minimum absolute atomic E-state index is 0.502. The Balaban J connectivity index is 1.29. The van der Waals surface area contributed by atoms with Crippen molar-refractivity contribution >= 4 is 61.8 Å². The van der Waals surface area contributed by atoms with Crippen LogP contribution in [-0.4, -0.2) is 31.7 Å². The summed E-state index contributed by atoms with van der Waals surface area (Å²) < 4.78 is 0. The van der Waals surface area contributed by atoms with E-state index in [-0.39, 0.29) is 0 Å². The summed E-state index contributed by atoms with van der Waals surface area (Å²) in [5.74, 6) is 1.27. The Labute approximate surface area is 194 Å². The molecule has 8 heteroatoms. The summed E-state index contributed by atoms with van der Waals surface area (Å²) in [6, 6.07) is 20.0. The molecule has 7 nitrogen and oxygen atoms in total. The molecular formula is C25H20ClN7. The molecule has 0 bridgehead atoms. The number of benzene rings is 3. The van der Waals surface area contributed by atoms with Gasteiger partial charge in [-0.15, -0.1) is 0 Å². The van der Waals surface area contributed by atoms with E-state index >= 15 is 0 Å². The van der Waals surface area contributed by atoms with Crippen LogP contribution in [0.5, 0.6) is 0 Å². The van der Waals surface area contributed by atoms with Crippen molar-refractivity contribution < 1.29 is 0 Å². The Morgan fingerprint density at radius 3 is 2.82 bits per heavy atom. The highest BCUT2D eigenvalue weighted by Gasteiger charge is 2.10. The van der Waals surface area contributed by atoms with Crippen LogP contribution in [0.15, 0.2) is 73.1 Å². The second-order valence-electron chi connectivity index (χ2n) is 7.89. The van der Waals surface area contributed by atoms with E-state index in [1.165, 1.54) is 10.9 Å². The van der Waals surface area contributed by atoms with Crippen LogP contribution in [0.25, 0.3) is 32.7 Å². The normalized spacial score (nSPS) is 11.4. The van der Waals surface area contributed by atoms with E-state index in [1.807, 2.05) is 42.5 Å². The zero-order chi connectivity index (χ0) is 22.2. The molecule has 0 unspecified atom stereocenters. The Kier molecular flexibility index (Phi) is 4.81. The van der Waals surface area contributed by atoms with Crippen molar-refractivity contribution in [2.24, 2.45) is 0 Å². The van der Waals surface area contributed by atoms with Crippen molar-refractivity contribution in [3.05, 3.63) is 83.6 Å². The van der Waals surface area contributed by atoms with E-state index in [0.717, 1.165) is 51.8 Å². The topological polar surface area (TPSA) is 94.3 Å². The lowest BCUT2D eigenvalue weighted by Gasteiger charge is -2.12. The van der Waals surface area contributed by atoms with E-state index in [4.69, 9.17) is 16.6 Å². The molecular weight excluding hydrogens is 434 g/mol. The average Bonchev–Trinajstić information content (AvgIpc) is 3.45. The number of hydrogen-bond acceptors (Lipinski definition) is 5. The first-order valence-electron chi connectivity index (χ1n) is 10.7. The van der Waals surface area contributed by atoms with Gasteiger partial charge in [0, 0.05) is 45.1 Å². The molecule has 33 heavy (non-hydrogen) atoms. The fourth-order valence-electron chi connectivity index (χ4n) is 4.10. The van der Waals surface area contributed by atoms with Crippen molar-refractivity contribution in [2.75, 3.05) is 17.2 Å². The number of nitrogens with one attached hydrogen (secondary N) is 4. The number of para-hydroxylation sites is 1. The zero-order valence-electron chi connectivity index (χ0n) is 17.6. The smallest absolute Gasteiger partial charge is 0.229 e. The highest BCUT2D eigenvalue weighted by atomic mass is 35.5. The average molecular weight is 454 g/mol. The fraction of sp³-hybridized carbons (Fsp3) is 0.0800. The number of fused-ring (bicyclic) bond motifs is 3. The van der Waals surface area contributed by atoms with Gasteiger partial charge in [-0.2, -0.15) is 10.1 Å². The second kappa shape index (κ2) is 8.11. The number of hydrogen-bond donors (Lipinski definition) is 4. The van der Waals surface area contributed by atoms with Crippen LogP contribution < -0.4 is 10.6 Å². The summed E-state index contributed by atoms with van der Waals surface area (Å²) in [5, 5.41) is 17.7. The molecule has 0 aliphatic carbocycles. The minimum Gasteiger partial charge on any atom is -0.369 e. The van der Waals surface area contributed by atoms with Gasteiger partial charge in [-0.05, 0) is 54.4 Å². The van der Waals surface area contributed by atoms with Gasteiger partial charge in [0.25, 0.3) is 0 Å². The molecule has 0 radical (unpaired) electrons. The number of rotatable bonds is 6. The lowest BCUT2D eigenvalue weighted by molar-refractivity contribution is 1.01. The molecule has 6 aromatic rings. The predicted molar refractivity (Wildman–Crippen MR) is 134 cm³/mol. The summed E-state index contributed by atoms with van der Waals surface area (Å²) in [6.45, 7) is 0.733. The molecule has 3 aromatic heterocycles.